The summed E-state index contributed by atoms with van der Waals surface area (Å²) >= 11 is 0. The highest BCUT2D eigenvalue weighted by molar-refractivity contribution is 5.92. The van der Waals surface area contributed by atoms with Gasteiger partial charge in [0.1, 0.15) is 0 Å². The summed E-state index contributed by atoms with van der Waals surface area (Å²) in [6.07, 6.45) is 1.51. The van der Waals surface area contributed by atoms with Crippen molar-refractivity contribution >= 4 is 17.8 Å². The molecule has 0 atom stereocenters. The van der Waals surface area contributed by atoms with Gasteiger partial charge < -0.3 is 19.6 Å². The zero-order chi connectivity index (χ0) is 18.1. The first-order valence-corrected chi connectivity index (χ1v) is 7.95. The summed E-state index contributed by atoms with van der Waals surface area (Å²) < 4.78 is 10.7. The summed E-state index contributed by atoms with van der Waals surface area (Å²) in [6, 6.07) is 12.9. The van der Waals surface area contributed by atoms with Crippen molar-refractivity contribution in [2.45, 2.75) is 13.8 Å². The van der Waals surface area contributed by atoms with E-state index < -0.39 is 0 Å². The number of aryl methyl sites for hydroxylation is 1. The first kappa shape index (κ1) is 18.3. The van der Waals surface area contributed by atoms with E-state index in [9.17, 15) is 4.79 Å². The number of nitrogens with zero attached hydrogens (tertiary/aromatic N) is 1. The van der Waals surface area contributed by atoms with Gasteiger partial charge in [0.15, 0.2) is 18.1 Å². The number of carbonyl (C=O) groups excluding carboxylic acids is 1. The van der Waals surface area contributed by atoms with Crippen LogP contribution in [0.25, 0.3) is 0 Å². The molecule has 2 rings (SSSR count). The Balaban J connectivity index is 1.86. The van der Waals surface area contributed by atoms with Gasteiger partial charge in [-0.05, 0) is 43.7 Å². The Bertz CT molecular complexity index is 744. The number of amides is 1. The molecule has 0 spiro atoms. The second-order valence-corrected chi connectivity index (χ2v) is 5.21. The van der Waals surface area contributed by atoms with Crippen molar-refractivity contribution in [3.8, 4) is 11.5 Å². The van der Waals surface area contributed by atoms with Crippen LogP contribution >= 0.6 is 0 Å². The van der Waals surface area contributed by atoms with Gasteiger partial charge in [-0.1, -0.05) is 23.4 Å². The number of oxime groups is 1. The van der Waals surface area contributed by atoms with Gasteiger partial charge in [-0.15, -0.1) is 0 Å². The fourth-order valence-corrected chi connectivity index (χ4v) is 2.13. The van der Waals surface area contributed by atoms with Crippen LogP contribution in [-0.4, -0.2) is 32.4 Å². The van der Waals surface area contributed by atoms with Crippen LogP contribution in [0.4, 0.5) is 5.69 Å². The third-order valence-corrected chi connectivity index (χ3v) is 3.38. The van der Waals surface area contributed by atoms with Crippen molar-refractivity contribution in [1.82, 2.24) is 0 Å². The molecule has 0 aliphatic rings. The first-order valence-electron chi connectivity index (χ1n) is 7.95. The molecule has 25 heavy (non-hydrogen) atoms. The molecular weight excluding hydrogens is 320 g/mol. The van der Waals surface area contributed by atoms with Crippen molar-refractivity contribution in [1.29, 1.82) is 0 Å². The lowest BCUT2D eigenvalue weighted by Gasteiger charge is -2.09. The second kappa shape index (κ2) is 9.32. The van der Waals surface area contributed by atoms with Gasteiger partial charge in [0, 0.05) is 11.3 Å². The summed E-state index contributed by atoms with van der Waals surface area (Å²) in [6.45, 7) is 4.22. The average Bonchev–Trinajstić information content (AvgIpc) is 2.62. The van der Waals surface area contributed by atoms with E-state index in [4.69, 9.17) is 14.3 Å². The molecule has 2 aromatic carbocycles. The maximum atomic E-state index is 11.8. The molecule has 1 amide bonds. The van der Waals surface area contributed by atoms with Gasteiger partial charge in [0.25, 0.3) is 5.91 Å². The molecular formula is C19H22N2O4. The van der Waals surface area contributed by atoms with Crippen LogP contribution in [0.3, 0.4) is 0 Å². The monoisotopic (exact) mass is 342 g/mol. The van der Waals surface area contributed by atoms with Crippen LogP contribution in [0.5, 0.6) is 11.5 Å². The minimum atomic E-state index is -0.268. The van der Waals surface area contributed by atoms with Crippen molar-refractivity contribution in [2.24, 2.45) is 5.16 Å². The zero-order valence-corrected chi connectivity index (χ0v) is 14.6. The molecule has 0 radical (unpaired) electrons. The summed E-state index contributed by atoms with van der Waals surface area (Å²) in [4.78, 5) is 16.9. The van der Waals surface area contributed by atoms with Crippen molar-refractivity contribution < 1.29 is 19.1 Å². The molecule has 0 bridgehead atoms. The molecule has 6 heteroatoms. The molecule has 0 saturated heterocycles. The Labute approximate surface area is 147 Å². The van der Waals surface area contributed by atoms with Gasteiger partial charge >= 0.3 is 0 Å². The molecule has 0 aliphatic carbocycles. The summed E-state index contributed by atoms with van der Waals surface area (Å²) in [7, 11) is 1.57. The number of ether oxygens (including phenoxy) is 2. The summed E-state index contributed by atoms with van der Waals surface area (Å²) in [5.74, 6) is 1.01. The number of nitrogens with one attached hydrogen (secondary N) is 1. The average molecular weight is 342 g/mol. The SMILES string of the molecule is CCOc1ccc(/C=N/OCC(=O)Nc2ccccc2C)cc1OC. The van der Waals surface area contributed by atoms with E-state index in [0.717, 1.165) is 16.8 Å². The van der Waals surface area contributed by atoms with Gasteiger partial charge in [-0.2, -0.15) is 0 Å². The number of carbonyl (C=O) groups is 1. The van der Waals surface area contributed by atoms with E-state index in [1.54, 1.807) is 19.2 Å². The van der Waals surface area contributed by atoms with E-state index in [-0.39, 0.29) is 12.5 Å². The van der Waals surface area contributed by atoms with Crippen LogP contribution in [-0.2, 0) is 9.63 Å². The molecule has 0 aliphatic heterocycles. The molecule has 6 nitrogen and oxygen atoms in total. The number of hydrogen-bond acceptors (Lipinski definition) is 5. The lowest BCUT2D eigenvalue weighted by molar-refractivity contribution is -0.120. The normalized spacial score (nSPS) is 10.5. The summed E-state index contributed by atoms with van der Waals surface area (Å²) in [5.41, 5.74) is 2.52. The van der Waals surface area contributed by atoms with E-state index in [2.05, 4.69) is 10.5 Å². The fourth-order valence-electron chi connectivity index (χ4n) is 2.13. The summed E-state index contributed by atoms with van der Waals surface area (Å²) in [5, 5.41) is 6.59. The topological polar surface area (TPSA) is 69.2 Å². The van der Waals surface area contributed by atoms with Crippen LogP contribution in [0.15, 0.2) is 47.6 Å². The highest BCUT2D eigenvalue weighted by atomic mass is 16.6. The number of anilines is 1. The quantitative estimate of drug-likeness (QED) is 0.590. The van der Waals surface area contributed by atoms with Crippen LogP contribution in [0.1, 0.15) is 18.1 Å². The Hall–Kier alpha value is -3.02. The van der Waals surface area contributed by atoms with Gasteiger partial charge in [0.05, 0.1) is 19.9 Å². The van der Waals surface area contributed by atoms with Gasteiger partial charge in [0.2, 0.25) is 0 Å². The van der Waals surface area contributed by atoms with Gasteiger partial charge in [-0.25, -0.2) is 0 Å². The molecule has 0 fully saturated rings. The standard InChI is InChI=1S/C19H22N2O4/c1-4-24-17-10-9-15(11-18(17)23-3)12-20-25-13-19(22)21-16-8-6-5-7-14(16)2/h5-12H,4,13H2,1-3H3,(H,21,22)/b20-12+. The first-order chi connectivity index (χ1) is 12.1. The van der Waals surface area contributed by atoms with E-state index in [1.807, 2.05) is 44.2 Å². The minimum absolute atomic E-state index is 0.168. The van der Waals surface area contributed by atoms with Crippen LogP contribution in [0, 0.1) is 6.92 Å². The predicted octanol–water partition coefficient (Wildman–Crippen LogP) is 3.39. The smallest absolute Gasteiger partial charge is 0.265 e. The third kappa shape index (κ3) is 5.53. The highest BCUT2D eigenvalue weighted by Crippen LogP contribution is 2.27. The Morgan fingerprint density at radius 1 is 1.20 bits per heavy atom. The lowest BCUT2D eigenvalue weighted by atomic mass is 10.2. The maximum absolute atomic E-state index is 11.8. The maximum Gasteiger partial charge on any atom is 0.265 e. The van der Waals surface area contributed by atoms with Crippen LogP contribution < -0.4 is 14.8 Å². The molecule has 0 unspecified atom stereocenters. The van der Waals surface area contributed by atoms with Gasteiger partial charge in [-0.3, -0.25) is 4.79 Å². The Morgan fingerprint density at radius 3 is 2.72 bits per heavy atom. The predicted molar refractivity (Wildman–Crippen MR) is 97.5 cm³/mol. The third-order valence-electron chi connectivity index (χ3n) is 3.38. The van der Waals surface area contributed by atoms with Crippen molar-refractivity contribution in [3.63, 3.8) is 0 Å². The molecule has 1 N–H and O–H groups in total. The number of benzene rings is 2. The second-order valence-electron chi connectivity index (χ2n) is 5.21. The molecule has 2 aromatic rings. The lowest BCUT2D eigenvalue weighted by Crippen LogP contribution is -2.17. The zero-order valence-electron chi connectivity index (χ0n) is 14.6. The number of para-hydroxylation sites is 1. The Kier molecular flexibility index (Phi) is 6.83. The Morgan fingerprint density at radius 2 is 2.00 bits per heavy atom. The number of methoxy groups -OCH3 is 1. The van der Waals surface area contributed by atoms with Crippen molar-refractivity contribution in [3.05, 3.63) is 53.6 Å². The molecule has 0 saturated carbocycles. The van der Waals surface area contributed by atoms with Crippen molar-refractivity contribution in [2.75, 3.05) is 25.6 Å². The number of hydrogen-bond donors (Lipinski definition) is 1. The molecule has 0 heterocycles. The number of rotatable bonds is 8. The van der Waals surface area contributed by atoms with E-state index >= 15 is 0 Å². The molecule has 132 valence electrons. The van der Waals surface area contributed by atoms with E-state index in [1.165, 1.54) is 6.21 Å². The largest absolute Gasteiger partial charge is 0.493 e. The van der Waals surface area contributed by atoms with E-state index in [0.29, 0.717) is 18.1 Å². The minimum Gasteiger partial charge on any atom is -0.493 e. The highest BCUT2D eigenvalue weighted by Gasteiger charge is 2.05. The van der Waals surface area contributed by atoms with Crippen LogP contribution in [0.2, 0.25) is 0 Å². The molecule has 0 aromatic heterocycles. The fraction of sp³-hybridized carbons (Fsp3) is 0.263.